The zero-order chi connectivity index (χ0) is 34.0. The zero-order valence-corrected chi connectivity index (χ0v) is 28.5. The van der Waals surface area contributed by atoms with Crippen molar-refractivity contribution in [1.29, 1.82) is 0 Å². The van der Waals surface area contributed by atoms with Crippen molar-refractivity contribution in [1.82, 2.24) is 10.3 Å². The van der Waals surface area contributed by atoms with Crippen molar-refractivity contribution in [2.24, 2.45) is 0 Å². The maximum absolute atomic E-state index is 13.4. The van der Waals surface area contributed by atoms with Crippen molar-refractivity contribution in [3.63, 3.8) is 0 Å². The summed E-state index contributed by atoms with van der Waals surface area (Å²) < 4.78 is 5.43. The Morgan fingerprint density at radius 3 is 2.25 bits per heavy atom. The standard InChI is InChI=1S/C37H35N5O4S2/c1-24(34(43)41-37-40-32(23-47-37)30-12-8-9-13-33(30)46-4)48-29-20-16-27(17-21-29)38-36(45)31(39-35(44)26-10-6-5-7-11-26)22-25-14-18-28(19-15-25)42(2)3/h5-24H,1-4H3,(H,38,45)(H,39,44)(H,40,41,43)/b31-22-. The molecule has 4 aromatic carbocycles. The number of nitrogens with zero attached hydrogens (tertiary/aromatic N) is 2. The number of anilines is 3. The normalized spacial score (nSPS) is 11.7. The topological polar surface area (TPSA) is 113 Å². The van der Waals surface area contributed by atoms with Gasteiger partial charge in [0.15, 0.2) is 5.13 Å². The molecular weight excluding hydrogens is 643 g/mol. The highest BCUT2D eigenvalue weighted by Gasteiger charge is 2.18. The molecule has 11 heteroatoms. The van der Waals surface area contributed by atoms with Gasteiger partial charge in [-0.1, -0.05) is 42.5 Å². The Hall–Kier alpha value is -5.39. The molecule has 5 aromatic rings. The van der Waals surface area contributed by atoms with Crippen LogP contribution in [0.25, 0.3) is 17.3 Å². The number of methoxy groups -OCH3 is 1. The highest BCUT2D eigenvalue weighted by molar-refractivity contribution is 8.00. The quantitative estimate of drug-likeness (QED) is 0.0931. The monoisotopic (exact) mass is 677 g/mol. The van der Waals surface area contributed by atoms with E-state index in [0.717, 1.165) is 27.4 Å². The van der Waals surface area contributed by atoms with Crippen molar-refractivity contribution in [2.45, 2.75) is 17.1 Å². The Kier molecular flexibility index (Phi) is 11.3. The molecule has 0 saturated heterocycles. The first-order valence-corrected chi connectivity index (χ1v) is 16.8. The largest absolute Gasteiger partial charge is 0.496 e. The van der Waals surface area contributed by atoms with Crippen LogP contribution in [0.15, 0.2) is 119 Å². The van der Waals surface area contributed by atoms with Crippen LogP contribution in [0.2, 0.25) is 0 Å². The SMILES string of the molecule is COc1ccccc1-c1csc(NC(=O)C(C)Sc2ccc(NC(=O)/C(=C/c3ccc(N(C)C)cc3)NC(=O)c3ccccc3)cc2)n1. The molecule has 3 amide bonds. The van der Waals surface area contributed by atoms with Gasteiger partial charge in [-0.15, -0.1) is 23.1 Å². The molecule has 3 N–H and O–H groups in total. The van der Waals surface area contributed by atoms with Crippen LogP contribution in [0.4, 0.5) is 16.5 Å². The Balaban J connectivity index is 1.22. The van der Waals surface area contributed by atoms with Gasteiger partial charge in [-0.3, -0.25) is 14.4 Å². The minimum absolute atomic E-state index is 0.0984. The Bertz CT molecular complexity index is 1910. The lowest BCUT2D eigenvalue weighted by molar-refractivity contribution is -0.115. The minimum Gasteiger partial charge on any atom is -0.496 e. The van der Waals surface area contributed by atoms with Crippen molar-refractivity contribution in [2.75, 3.05) is 36.7 Å². The number of benzene rings is 4. The average Bonchev–Trinajstić information content (AvgIpc) is 3.57. The maximum Gasteiger partial charge on any atom is 0.272 e. The van der Waals surface area contributed by atoms with E-state index in [9.17, 15) is 14.4 Å². The van der Waals surface area contributed by atoms with Crippen LogP contribution in [0.3, 0.4) is 0 Å². The van der Waals surface area contributed by atoms with E-state index in [4.69, 9.17) is 4.74 Å². The van der Waals surface area contributed by atoms with Crippen LogP contribution in [0, 0.1) is 0 Å². The van der Waals surface area contributed by atoms with Gasteiger partial charge >= 0.3 is 0 Å². The second-order valence-electron chi connectivity index (χ2n) is 10.8. The molecule has 244 valence electrons. The smallest absolute Gasteiger partial charge is 0.272 e. The molecule has 0 aliphatic heterocycles. The summed E-state index contributed by atoms with van der Waals surface area (Å²) in [5, 5.41) is 10.5. The van der Waals surface area contributed by atoms with E-state index in [2.05, 4.69) is 20.9 Å². The third-order valence-corrected chi connectivity index (χ3v) is 9.03. The number of thiazole rings is 1. The van der Waals surface area contributed by atoms with Gasteiger partial charge in [0, 0.05) is 46.9 Å². The van der Waals surface area contributed by atoms with E-state index in [1.54, 1.807) is 49.6 Å². The molecule has 0 bridgehead atoms. The molecule has 48 heavy (non-hydrogen) atoms. The van der Waals surface area contributed by atoms with Crippen molar-refractivity contribution < 1.29 is 19.1 Å². The lowest BCUT2D eigenvalue weighted by Gasteiger charge is -2.14. The maximum atomic E-state index is 13.4. The number of carbonyl (C=O) groups is 3. The zero-order valence-electron chi connectivity index (χ0n) is 26.9. The first-order chi connectivity index (χ1) is 23.2. The summed E-state index contributed by atoms with van der Waals surface area (Å²) in [6.45, 7) is 1.82. The van der Waals surface area contributed by atoms with Crippen LogP contribution < -0.4 is 25.6 Å². The second kappa shape index (κ2) is 15.9. The lowest BCUT2D eigenvalue weighted by Crippen LogP contribution is -2.30. The van der Waals surface area contributed by atoms with Gasteiger partial charge < -0.3 is 25.6 Å². The van der Waals surface area contributed by atoms with E-state index in [-0.39, 0.29) is 11.6 Å². The van der Waals surface area contributed by atoms with E-state index < -0.39 is 17.1 Å². The van der Waals surface area contributed by atoms with E-state index in [1.807, 2.05) is 98.0 Å². The highest BCUT2D eigenvalue weighted by Crippen LogP contribution is 2.32. The first-order valence-electron chi connectivity index (χ1n) is 15.0. The summed E-state index contributed by atoms with van der Waals surface area (Å²) in [4.78, 5) is 46.8. The molecule has 0 saturated carbocycles. The van der Waals surface area contributed by atoms with Gasteiger partial charge in [-0.2, -0.15) is 0 Å². The average molecular weight is 678 g/mol. The molecule has 1 heterocycles. The molecular formula is C37H35N5O4S2. The Morgan fingerprint density at radius 2 is 1.56 bits per heavy atom. The van der Waals surface area contributed by atoms with Crippen LogP contribution in [-0.2, 0) is 9.59 Å². The summed E-state index contributed by atoms with van der Waals surface area (Å²) in [6, 6.07) is 31.1. The molecule has 9 nitrogen and oxygen atoms in total. The number of amides is 3. The third-order valence-electron chi connectivity index (χ3n) is 7.16. The Morgan fingerprint density at radius 1 is 0.875 bits per heavy atom. The predicted molar refractivity (Wildman–Crippen MR) is 196 cm³/mol. The molecule has 0 spiro atoms. The number of hydrogen-bond donors (Lipinski definition) is 3. The lowest BCUT2D eigenvalue weighted by atomic mass is 10.1. The molecule has 0 fully saturated rings. The fourth-order valence-electron chi connectivity index (χ4n) is 4.57. The fraction of sp³-hybridized carbons (Fsp3) is 0.135. The molecule has 0 aliphatic rings. The number of thioether (sulfide) groups is 1. The van der Waals surface area contributed by atoms with Gasteiger partial charge in [0.2, 0.25) is 5.91 Å². The van der Waals surface area contributed by atoms with Crippen LogP contribution in [0.1, 0.15) is 22.8 Å². The summed E-state index contributed by atoms with van der Waals surface area (Å²) in [5.74, 6) is -0.334. The van der Waals surface area contributed by atoms with Gasteiger partial charge in [-0.25, -0.2) is 4.98 Å². The summed E-state index contributed by atoms with van der Waals surface area (Å²) in [6.07, 6.45) is 1.64. The van der Waals surface area contributed by atoms with Gasteiger partial charge in [0.05, 0.1) is 18.1 Å². The van der Waals surface area contributed by atoms with Crippen LogP contribution in [0.5, 0.6) is 5.75 Å². The number of ether oxygens (including phenoxy) is 1. The second-order valence-corrected chi connectivity index (χ2v) is 13.1. The van der Waals surface area contributed by atoms with Crippen molar-refractivity contribution >= 4 is 63.4 Å². The minimum atomic E-state index is -0.472. The number of rotatable bonds is 12. The van der Waals surface area contributed by atoms with E-state index in [1.165, 1.54) is 23.1 Å². The van der Waals surface area contributed by atoms with Crippen molar-refractivity contribution in [3.8, 4) is 17.0 Å². The Labute approximate surface area is 288 Å². The fourth-order valence-corrected chi connectivity index (χ4v) is 6.15. The van der Waals surface area contributed by atoms with E-state index in [0.29, 0.717) is 22.1 Å². The van der Waals surface area contributed by atoms with E-state index >= 15 is 0 Å². The molecule has 0 radical (unpaired) electrons. The number of nitrogens with one attached hydrogen (secondary N) is 3. The number of para-hydroxylation sites is 1. The predicted octanol–water partition coefficient (Wildman–Crippen LogP) is 7.41. The van der Waals surface area contributed by atoms with Gasteiger partial charge in [-0.05, 0) is 79.2 Å². The molecule has 0 aliphatic carbocycles. The number of carbonyl (C=O) groups excluding carboxylic acids is 3. The van der Waals surface area contributed by atoms with Gasteiger partial charge in [0.25, 0.3) is 11.8 Å². The number of hydrogen-bond acceptors (Lipinski definition) is 8. The summed E-state index contributed by atoms with van der Waals surface area (Å²) >= 11 is 2.73. The molecule has 1 atom stereocenters. The van der Waals surface area contributed by atoms with Crippen LogP contribution in [-0.4, -0.2) is 49.2 Å². The molecule has 1 unspecified atom stereocenters. The van der Waals surface area contributed by atoms with Gasteiger partial charge in [0.1, 0.15) is 11.4 Å². The third kappa shape index (κ3) is 8.90. The highest BCUT2D eigenvalue weighted by atomic mass is 32.2. The number of aromatic nitrogens is 1. The first kappa shape index (κ1) is 34.0. The molecule has 1 aromatic heterocycles. The van der Waals surface area contributed by atoms with Crippen molar-refractivity contribution in [3.05, 3.63) is 125 Å². The van der Waals surface area contributed by atoms with Crippen LogP contribution >= 0.6 is 23.1 Å². The molecule has 5 rings (SSSR count). The summed E-state index contributed by atoms with van der Waals surface area (Å²) in [7, 11) is 5.51. The summed E-state index contributed by atoms with van der Waals surface area (Å²) in [5.41, 5.74) is 4.42.